The third-order valence-electron chi connectivity index (χ3n) is 13.9. The van der Waals surface area contributed by atoms with Crippen LogP contribution >= 0.6 is 0 Å². The Bertz CT molecular complexity index is 4010. The van der Waals surface area contributed by atoms with Gasteiger partial charge in [-0.1, -0.05) is 200 Å². The molecular formula is C68H46N2. The van der Waals surface area contributed by atoms with Gasteiger partial charge in [0.2, 0.25) is 0 Å². The Balaban J connectivity index is 0.948. The normalized spacial score (nSPS) is 11.4. The molecule has 0 fully saturated rings. The van der Waals surface area contributed by atoms with Gasteiger partial charge < -0.3 is 9.47 Å². The van der Waals surface area contributed by atoms with Gasteiger partial charge in [0, 0.05) is 33.5 Å². The highest BCUT2D eigenvalue weighted by atomic mass is 15.1. The van der Waals surface area contributed by atoms with E-state index < -0.39 is 0 Å². The molecule has 0 aliphatic heterocycles. The SMILES string of the molecule is c1ccc(-c2cccc(-c3ccc4c(c3)c3cc(N(c5ccccc5)c5ccc(-c6ccc7c(-c8ccccc8)c8ccccc8c(-c8ccccc8)c7c6)cc5)ccc3n4-c3ccccc3)c2)cc1. The average molecular weight is 891 g/mol. The molecule has 2 nitrogen and oxygen atoms in total. The summed E-state index contributed by atoms with van der Waals surface area (Å²) in [5.41, 5.74) is 18.9. The van der Waals surface area contributed by atoms with Crippen molar-refractivity contribution < 1.29 is 0 Å². The molecule has 0 aliphatic rings. The van der Waals surface area contributed by atoms with Gasteiger partial charge in [0.1, 0.15) is 0 Å². The van der Waals surface area contributed by atoms with E-state index in [0.29, 0.717) is 0 Å². The lowest BCUT2D eigenvalue weighted by molar-refractivity contribution is 1.18. The van der Waals surface area contributed by atoms with Crippen molar-refractivity contribution in [3.05, 3.63) is 279 Å². The van der Waals surface area contributed by atoms with Crippen LogP contribution in [0.15, 0.2) is 279 Å². The zero-order valence-electron chi connectivity index (χ0n) is 38.5. The lowest BCUT2D eigenvalue weighted by atomic mass is 9.85. The van der Waals surface area contributed by atoms with E-state index in [1.165, 1.54) is 87.9 Å². The summed E-state index contributed by atoms with van der Waals surface area (Å²) in [5.74, 6) is 0. The van der Waals surface area contributed by atoms with Gasteiger partial charge in [-0.05, 0) is 156 Å². The van der Waals surface area contributed by atoms with Crippen LogP contribution in [0.2, 0.25) is 0 Å². The summed E-state index contributed by atoms with van der Waals surface area (Å²) in [5, 5.41) is 7.41. The fraction of sp³-hybridized carbons (Fsp3) is 0. The molecule has 0 saturated heterocycles. The minimum Gasteiger partial charge on any atom is -0.310 e. The van der Waals surface area contributed by atoms with Crippen LogP contribution in [0.1, 0.15) is 0 Å². The number of benzene rings is 12. The Morgan fingerprint density at radius 2 is 0.600 bits per heavy atom. The Morgan fingerprint density at radius 1 is 0.214 bits per heavy atom. The fourth-order valence-electron chi connectivity index (χ4n) is 10.7. The highest BCUT2D eigenvalue weighted by Crippen LogP contribution is 2.46. The maximum absolute atomic E-state index is 2.41. The van der Waals surface area contributed by atoms with Gasteiger partial charge in [-0.15, -0.1) is 0 Å². The van der Waals surface area contributed by atoms with Gasteiger partial charge in [0.15, 0.2) is 0 Å². The minimum absolute atomic E-state index is 1.09. The fourth-order valence-corrected chi connectivity index (χ4v) is 10.7. The number of hydrogen-bond donors (Lipinski definition) is 0. The summed E-state index contributed by atoms with van der Waals surface area (Å²) in [7, 11) is 0. The topological polar surface area (TPSA) is 8.17 Å². The first-order valence-corrected chi connectivity index (χ1v) is 24.1. The third kappa shape index (κ3) is 7.22. The zero-order chi connectivity index (χ0) is 46.4. The van der Waals surface area contributed by atoms with Crippen LogP contribution in [0.5, 0.6) is 0 Å². The van der Waals surface area contributed by atoms with Gasteiger partial charge in [0.25, 0.3) is 0 Å². The van der Waals surface area contributed by atoms with Crippen molar-refractivity contribution >= 4 is 60.4 Å². The molecule has 0 saturated carbocycles. The van der Waals surface area contributed by atoms with Crippen molar-refractivity contribution in [2.75, 3.05) is 4.90 Å². The molecule has 70 heavy (non-hydrogen) atoms. The maximum Gasteiger partial charge on any atom is 0.0542 e. The average Bonchev–Trinajstić information content (AvgIpc) is 3.77. The number of hydrogen-bond acceptors (Lipinski definition) is 1. The predicted octanol–water partition coefficient (Wildman–Crippen LogP) is 18.9. The third-order valence-corrected chi connectivity index (χ3v) is 13.9. The standard InChI is InChI=1S/C68H46N2/c1-6-19-47(20-7-1)51-25-18-26-52(43-51)54-36-41-65-62(44-54)63-46-58(39-42-66(63)70(65)56-29-14-5-15-30-56)69(55-27-12-4-13-28-55)57-37-33-48(34-38-57)53-35-40-61-64(45-53)68(50-23-10-3-11-24-50)60-32-17-16-31-59(60)67(61)49-21-8-2-9-22-49/h1-46H. The van der Waals surface area contributed by atoms with Gasteiger partial charge in [-0.3, -0.25) is 0 Å². The second-order valence-corrected chi connectivity index (χ2v) is 18.1. The highest BCUT2D eigenvalue weighted by Gasteiger charge is 2.20. The first-order valence-electron chi connectivity index (χ1n) is 24.1. The molecule has 1 heterocycles. The second kappa shape index (κ2) is 17.4. The van der Waals surface area contributed by atoms with Crippen LogP contribution in [-0.2, 0) is 0 Å². The van der Waals surface area contributed by atoms with Crippen molar-refractivity contribution in [3.63, 3.8) is 0 Å². The molecule has 0 unspecified atom stereocenters. The van der Waals surface area contributed by atoms with E-state index in [9.17, 15) is 0 Å². The van der Waals surface area contributed by atoms with E-state index in [1.54, 1.807) is 0 Å². The van der Waals surface area contributed by atoms with Crippen molar-refractivity contribution in [1.29, 1.82) is 0 Å². The van der Waals surface area contributed by atoms with E-state index in [4.69, 9.17) is 0 Å². The van der Waals surface area contributed by atoms with Gasteiger partial charge in [-0.2, -0.15) is 0 Å². The Hall–Kier alpha value is -9.24. The molecule has 0 spiro atoms. The lowest BCUT2D eigenvalue weighted by Crippen LogP contribution is -2.09. The molecule has 2 heteroatoms. The summed E-state index contributed by atoms with van der Waals surface area (Å²) in [6, 6.07) is 102. The van der Waals surface area contributed by atoms with Crippen molar-refractivity contribution in [1.82, 2.24) is 4.57 Å². The number of rotatable bonds is 9. The van der Waals surface area contributed by atoms with Crippen molar-refractivity contribution in [2.24, 2.45) is 0 Å². The highest BCUT2D eigenvalue weighted by molar-refractivity contribution is 6.22. The van der Waals surface area contributed by atoms with Gasteiger partial charge >= 0.3 is 0 Å². The summed E-state index contributed by atoms with van der Waals surface area (Å²) >= 11 is 0. The van der Waals surface area contributed by atoms with E-state index in [2.05, 4.69) is 289 Å². The molecule has 0 bridgehead atoms. The number of aromatic nitrogens is 1. The first kappa shape index (κ1) is 41.0. The molecule has 1 aromatic heterocycles. The van der Waals surface area contributed by atoms with Crippen LogP contribution in [0.3, 0.4) is 0 Å². The Labute approximate surface area is 408 Å². The van der Waals surface area contributed by atoms with E-state index in [1.807, 2.05) is 0 Å². The Morgan fingerprint density at radius 3 is 1.24 bits per heavy atom. The minimum atomic E-state index is 1.09. The molecule has 0 radical (unpaired) electrons. The van der Waals surface area contributed by atoms with Gasteiger partial charge in [0.05, 0.1) is 11.0 Å². The molecule has 328 valence electrons. The van der Waals surface area contributed by atoms with Crippen LogP contribution in [0.25, 0.3) is 105 Å². The number of fused-ring (bicyclic) bond motifs is 5. The summed E-state index contributed by atoms with van der Waals surface area (Å²) < 4.78 is 2.40. The van der Waals surface area contributed by atoms with Gasteiger partial charge in [-0.25, -0.2) is 0 Å². The van der Waals surface area contributed by atoms with Crippen molar-refractivity contribution in [3.8, 4) is 61.3 Å². The van der Waals surface area contributed by atoms with E-state index in [-0.39, 0.29) is 0 Å². The molecule has 0 amide bonds. The number of anilines is 3. The number of para-hydroxylation sites is 2. The molecule has 0 N–H and O–H groups in total. The predicted molar refractivity (Wildman–Crippen MR) is 298 cm³/mol. The van der Waals surface area contributed by atoms with E-state index >= 15 is 0 Å². The second-order valence-electron chi connectivity index (χ2n) is 18.1. The quantitative estimate of drug-likeness (QED) is 0.131. The number of nitrogens with zero attached hydrogens (tertiary/aromatic N) is 2. The molecule has 13 rings (SSSR count). The maximum atomic E-state index is 2.41. The molecular weight excluding hydrogens is 845 g/mol. The summed E-state index contributed by atoms with van der Waals surface area (Å²) in [4.78, 5) is 2.38. The monoisotopic (exact) mass is 890 g/mol. The molecule has 13 aromatic rings. The van der Waals surface area contributed by atoms with Crippen LogP contribution < -0.4 is 4.90 Å². The lowest BCUT2D eigenvalue weighted by Gasteiger charge is -2.26. The summed E-state index contributed by atoms with van der Waals surface area (Å²) in [6.07, 6.45) is 0. The van der Waals surface area contributed by atoms with Crippen LogP contribution in [-0.4, -0.2) is 4.57 Å². The first-order chi connectivity index (χ1) is 34.7. The Kier molecular flexibility index (Phi) is 10.2. The van der Waals surface area contributed by atoms with Crippen LogP contribution in [0, 0.1) is 0 Å². The largest absolute Gasteiger partial charge is 0.310 e. The van der Waals surface area contributed by atoms with Crippen molar-refractivity contribution in [2.45, 2.75) is 0 Å². The van der Waals surface area contributed by atoms with E-state index in [0.717, 1.165) is 33.8 Å². The molecule has 12 aromatic carbocycles. The smallest absolute Gasteiger partial charge is 0.0542 e. The zero-order valence-corrected chi connectivity index (χ0v) is 38.5. The molecule has 0 aliphatic carbocycles. The molecule has 0 atom stereocenters. The van der Waals surface area contributed by atoms with Crippen LogP contribution in [0.4, 0.5) is 17.1 Å². The summed E-state index contributed by atoms with van der Waals surface area (Å²) in [6.45, 7) is 0.